The van der Waals surface area contributed by atoms with Gasteiger partial charge in [0.15, 0.2) is 0 Å². The molecule has 0 saturated heterocycles. The van der Waals surface area contributed by atoms with Crippen LogP contribution in [0.2, 0.25) is 5.02 Å². The number of hydrogen-bond acceptors (Lipinski definition) is 0. The first-order valence-electron chi connectivity index (χ1n) is 4.31. The van der Waals surface area contributed by atoms with Gasteiger partial charge in [0, 0.05) is 24.1 Å². The van der Waals surface area contributed by atoms with Crippen LogP contribution in [0.5, 0.6) is 0 Å². The van der Waals surface area contributed by atoms with Gasteiger partial charge < -0.3 is 4.57 Å². The minimum Gasteiger partial charge on any atom is -0.349 e. The first kappa shape index (κ1) is 8.64. The second-order valence-electron chi connectivity index (χ2n) is 3.56. The van der Waals surface area contributed by atoms with E-state index < -0.39 is 0 Å². The molecule has 2 aromatic rings. The van der Waals surface area contributed by atoms with E-state index in [9.17, 15) is 0 Å². The molecule has 68 valence electrons. The Kier molecular flexibility index (Phi) is 1.85. The van der Waals surface area contributed by atoms with Crippen LogP contribution in [0.1, 0.15) is 11.1 Å². The van der Waals surface area contributed by atoms with Crippen LogP contribution in [0.25, 0.3) is 10.9 Å². The van der Waals surface area contributed by atoms with Crippen molar-refractivity contribution in [2.75, 3.05) is 0 Å². The molecule has 0 bridgehead atoms. The zero-order valence-electron chi connectivity index (χ0n) is 8.06. The molecule has 0 N–H and O–H groups in total. The highest BCUT2D eigenvalue weighted by molar-refractivity contribution is 6.35. The molecule has 0 radical (unpaired) electrons. The molecule has 2 heteroatoms. The summed E-state index contributed by atoms with van der Waals surface area (Å²) in [6.45, 7) is 4.20. The van der Waals surface area contributed by atoms with E-state index >= 15 is 0 Å². The van der Waals surface area contributed by atoms with Crippen LogP contribution in [0, 0.1) is 13.8 Å². The van der Waals surface area contributed by atoms with Crippen molar-refractivity contribution in [1.29, 1.82) is 0 Å². The summed E-state index contributed by atoms with van der Waals surface area (Å²) in [5, 5.41) is 2.02. The summed E-state index contributed by atoms with van der Waals surface area (Å²) in [6.07, 6.45) is 1.96. The molecule has 0 aliphatic rings. The van der Waals surface area contributed by atoms with Crippen LogP contribution in [0.3, 0.4) is 0 Å². The third-order valence-electron chi connectivity index (χ3n) is 2.38. The van der Waals surface area contributed by atoms with Crippen molar-refractivity contribution < 1.29 is 0 Å². The molecule has 1 aromatic heterocycles. The van der Waals surface area contributed by atoms with Crippen molar-refractivity contribution in [2.24, 2.45) is 7.05 Å². The highest BCUT2D eigenvalue weighted by Gasteiger charge is 2.07. The van der Waals surface area contributed by atoms with Crippen molar-refractivity contribution in [3.8, 4) is 0 Å². The largest absolute Gasteiger partial charge is 0.349 e. The molecule has 0 spiro atoms. The predicted molar refractivity (Wildman–Crippen MR) is 57.4 cm³/mol. The zero-order valence-corrected chi connectivity index (χ0v) is 8.81. The van der Waals surface area contributed by atoms with Gasteiger partial charge in [-0.05, 0) is 31.0 Å². The summed E-state index contributed by atoms with van der Waals surface area (Å²) in [6, 6.07) is 4.32. The number of aryl methyl sites for hydroxylation is 3. The average molecular weight is 194 g/mol. The molecule has 1 nitrogen and oxygen atoms in total. The third kappa shape index (κ3) is 1.24. The van der Waals surface area contributed by atoms with E-state index in [2.05, 4.69) is 30.5 Å². The molecule has 0 aliphatic heterocycles. The van der Waals surface area contributed by atoms with Gasteiger partial charge in [-0.25, -0.2) is 0 Å². The molecule has 0 fully saturated rings. The monoisotopic (exact) mass is 193 g/mol. The molecule has 0 aliphatic carbocycles. The molecule has 2 rings (SSSR count). The summed E-state index contributed by atoms with van der Waals surface area (Å²) < 4.78 is 2.07. The summed E-state index contributed by atoms with van der Waals surface area (Å²) in [5.74, 6) is 0. The Labute approximate surface area is 82.9 Å². The summed E-state index contributed by atoms with van der Waals surface area (Å²) in [4.78, 5) is 0. The van der Waals surface area contributed by atoms with E-state index in [-0.39, 0.29) is 0 Å². The van der Waals surface area contributed by atoms with Crippen molar-refractivity contribution in [2.45, 2.75) is 13.8 Å². The summed E-state index contributed by atoms with van der Waals surface area (Å²) >= 11 is 6.11. The maximum Gasteiger partial charge on any atom is 0.0664 e. The Morgan fingerprint density at radius 2 is 1.92 bits per heavy atom. The Morgan fingerprint density at radius 3 is 2.62 bits per heavy atom. The Bertz CT molecular complexity index is 468. The SMILES string of the molecule is Cc1cc(C)c2c(Cl)cn(C)c2c1. The fraction of sp³-hybridized carbons (Fsp3) is 0.273. The van der Waals surface area contributed by atoms with Crippen molar-refractivity contribution in [3.63, 3.8) is 0 Å². The lowest BCUT2D eigenvalue weighted by atomic mass is 10.1. The fourth-order valence-corrected chi connectivity index (χ4v) is 2.23. The van der Waals surface area contributed by atoms with Crippen LogP contribution in [-0.4, -0.2) is 4.57 Å². The van der Waals surface area contributed by atoms with E-state index in [0.717, 1.165) is 5.02 Å². The Balaban J connectivity index is 2.97. The van der Waals surface area contributed by atoms with Gasteiger partial charge in [0.25, 0.3) is 0 Å². The number of aromatic nitrogens is 1. The first-order chi connectivity index (χ1) is 6.09. The van der Waals surface area contributed by atoms with Gasteiger partial charge in [-0.3, -0.25) is 0 Å². The van der Waals surface area contributed by atoms with Crippen LogP contribution in [0.15, 0.2) is 18.3 Å². The molecular weight excluding hydrogens is 182 g/mol. The van der Waals surface area contributed by atoms with E-state index in [1.54, 1.807) is 0 Å². The lowest BCUT2D eigenvalue weighted by Gasteiger charge is -2.01. The number of benzene rings is 1. The second-order valence-corrected chi connectivity index (χ2v) is 3.97. The zero-order chi connectivity index (χ0) is 9.59. The molecule has 0 atom stereocenters. The topological polar surface area (TPSA) is 4.93 Å². The normalized spacial score (nSPS) is 11.1. The van der Waals surface area contributed by atoms with Crippen molar-refractivity contribution >= 4 is 22.5 Å². The van der Waals surface area contributed by atoms with E-state index in [1.807, 2.05) is 13.2 Å². The second kappa shape index (κ2) is 2.78. The van der Waals surface area contributed by atoms with Crippen molar-refractivity contribution in [3.05, 3.63) is 34.5 Å². The fourth-order valence-electron chi connectivity index (χ4n) is 1.84. The predicted octanol–water partition coefficient (Wildman–Crippen LogP) is 3.45. The Hall–Kier alpha value is -0.950. The molecular formula is C11H12ClN. The molecule has 0 unspecified atom stereocenters. The lowest BCUT2D eigenvalue weighted by Crippen LogP contribution is -1.85. The third-order valence-corrected chi connectivity index (χ3v) is 2.67. The van der Waals surface area contributed by atoms with E-state index in [4.69, 9.17) is 11.6 Å². The number of fused-ring (bicyclic) bond motifs is 1. The van der Waals surface area contributed by atoms with Gasteiger partial charge in [-0.1, -0.05) is 17.7 Å². The van der Waals surface area contributed by atoms with E-state index in [0.29, 0.717) is 0 Å². The van der Waals surface area contributed by atoms with Gasteiger partial charge in [0.1, 0.15) is 0 Å². The molecule has 13 heavy (non-hydrogen) atoms. The molecule has 1 heterocycles. The quantitative estimate of drug-likeness (QED) is 0.604. The average Bonchev–Trinajstić information content (AvgIpc) is 2.27. The van der Waals surface area contributed by atoms with Crippen LogP contribution in [0.4, 0.5) is 0 Å². The smallest absolute Gasteiger partial charge is 0.0664 e. The van der Waals surface area contributed by atoms with Gasteiger partial charge >= 0.3 is 0 Å². The number of nitrogens with zero attached hydrogens (tertiary/aromatic N) is 1. The lowest BCUT2D eigenvalue weighted by molar-refractivity contribution is 0.968. The van der Waals surface area contributed by atoms with E-state index in [1.165, 1.54) is 22.0 Å². The first-order valence-corrected chi connectivity index (χ1v) is 4.69. The molecule has 0 saturated carbocycles. The van der Waals surface area contributed by atoms with Gasteiger partial charge in [-0.2, -0.15) is 0 Å². The van der Waals surface area contributed by atoms with Crippen LogP contribution in [-0.2, 0) is 7.05 Å². The summed E-state index contributed by atoms with van der Waals surface area (Å²) in [7, 11) is 2.02. The minimum absolute atomic E-state index is 0.843. The van der Waals surface area contributed by atoms with Gasteiger partial charge in [0.2, 0.25) is 0 Å². The standard InChI is InChI=1S/C11H12ClN/c1-7-4-8(2)11-9(12)6-13(3)10(11)5-7/h4-6H,1-3H3. The van der Waals surface area contributed by atoms with Gasteiger partial charge in [-0.15, -0.1) is 0 Å². The number of hydrogen-bond donors (Lipinski definition) is 0. The molecule has 0 amide bonds. The van der Waals surface area contributed by atoms with Crippen LogP contribution >= 0.6 is 11.6 Å². The highest BCUT2D eigenvalue weighted by atomic mass is 35.5. The number of halogens is 1. The molecule has 1 aromatic carbocycles. The summed E-state index contributed by atoms with van der Waals surface area (Å²) in [5.41, 5.74) is 3.74. The Morgan fingerprint density at radius 1 is 1.23 bits per heavy atom. The minimum atomic E-state index is 0.843. The van der Waals surface area contributed by atoms with Crippen LogP contribution < -0.4 is 0 Å². The number of rotatable bonds is 0. The highest BCUT2D eigenvalue weighted by Crippen LogP contribution is 2.28. The maximum atomic E-state index is 6.11. The van der Waals surface area contributed by atoms with Crippen molar-refractivity contribution in [1.82, 2.24) is 4.57 Å². The van der Waals surface area contributed by atoms with Gasteiger partial charge in [0.05, 0.1) is 5.02 Å². The maximum absolute atomic E-state index is 6.11.